The van der Waals surface area contributed by atoms with Gasteiger partial charge in [-0.05, 0) is 90.3 Å². The van der Waals surface area contributed by atoms with Crippen LogP contribution in [0.15, 0.2) is 82.8 Å². The molecule has 0 spiro atoms. The van der Waals surface area contributed by atoms with E-state index >= 15 is 0 Å². The van der Waals surface area contributed by atoms with E-state index in [0.29, 0.717) is 30.6 Å². The van der Waals surface area contributed by atoms with Crippen molar-refractivity contribution in [2.45, 2.75) is 58.0 Å². The number of fused-ring (bicyclic) bond motifs is 3. The summed E-state index contributed by atoms with van der Waals surface area (Å²) in [5.74, 6) is -2.11. The Bertz CT molecular complexity index is 1590. The predicted molar refractivity (Wildman–Crippen MR) is 172 cm³/mol. The molecule has 1 aromatic heterocycles. The van der Waals surface area contributed by atoms with Gasteiger partial charge in [0.05, 0.1) is 24.5 Å². The second kappa shape index (κ2) is 13.7. The number of amides is 2. The number of likely N-dealkylation sites (tertiary alicyclic amines) is 1. The van der Waals surface area contributed by atoms with Gasteiger partial charge in [-0.15, -0.1) is 11.3 Å². The normalized spacial score (nSPS) is 23.4. The molecule has 6 rings (SSSR count). The van der Waals surface area contributed by atoms with E-state index in [9.17, 15) is 24.1 Å². The zero-order valence-corrected chi connectivity index (χ0v) is 26.0. The maximum Gasteiger partial charge on any atom is 0.455 e. The first-order valence-corrected chi connectivity index (χ1v) is 16.5. The van der Waals surface area contributed by atoms with Gasteiger partial charge in [-0.1, -0.05) is 55.3 Å². The number of benzene rings is 2. The number of aromatic hydroxyl groups is 1. The molecular weight excluding hydrogens is 592 g/mol. The van der Waals surface area contributed by atoms with E-state index in [0.717, 1.165) is 34.4 Å². The summed E-state index contributed by atoms with van der Waals surface area (Å²) in [5.41, 5.74) is 3.66. The summed E-state index contributed by atoms with van der Waals surface area (Å²) in [6, 6.07) is 17.7. The molecule has 0 bridgehead atoms. The number of ether oxygens (including phenoxy) is 1. The van der Waals surface area contributed by atoms with Crippen molar-refractivity contribution in [1.29, 1.82) is 0 Å². The molecule has 10 heteroatoms. The van der Waals surface area contributed by atoms with Crippen LogP contribution in [0.5, 0.6) is 11.5 Å². The predicted octanol–water partition coefficient (Wildman–Crippen LogP) is 6.63. The first-order chi connectivity index (χ1) is 21.8. The zero-order valence-electron chi connectivity index (χ0n) is 25.2. The lowest BCUT2D eigenvalue weighted by molar-refractivity contribution is -0.140. The number of thiophene rings is 1. The van der Waals surface area contributed by atoms with Crippen molar-refractivity contribution in [2.24, 2.45) is 17.8 Å². The highest BCUT2D eigenvalue weighted by Gasteiger charge is 2.57. The van der Waals surface area contributed by atoms with Crippen LogP contribution in [-0.2, 0) is 20.8 Å². The SMILES string of the molecule is CCC/C(=C\c1ccc(O)c(F)c1)CC[C@H]1OB(O)C[C@H]2C1=C(COc1ccccc1)C[C@H]1C(=O)N(Cc3cccs3)C(=O)[C@H]12. The van der Waals surface area contributed by atoms with Gasteiger partial charge in [0.15, 0.2) is 11.6 Å². The molecule has 2 aliphatic heterocycles. The van der Waals surface area contributed by atoms with Gasteiger partial charge >= 0.3 is 7.12 Å². The third-order valence-corrected chi connectivity index (χ3v) is 9.95. The van der Waals surface area contributed by atoms with Gasteiger partial charge in [0.25, 0.3) is 0 Å². The Morgan fingerprint density at radius 3 is 2.67 bits per heavy atom. The van der Waals surface area contributed by atoms with Crippen LogP contribution in [0, 0.1) is 23.6 Å². The van der Waals surface area contributed by atoms with Crippen molar-refractivity contribution in [3.8, 4) is 11.5 Å². The van der Waals surface area contributed by atoms with Crippen molar-refractivity contribution in [3.63, 3.8) is 0 Å². The molecule has 2 N–H and O–H groups in total. The summed E-state index contributed by atoms with van der Waals surface area (Å²) < 4.78 is 26.5. The summed E-state index contributed by atoms with van der Waals surface area (Å²) in [5, 5.41) is 22.5. The molecule has 2 aromatic carbocycles. The molecule has 0 unspecified atom stereocenters. The highest BCUT2D eigenvalue weighted by atomic mass is 32.1. The van der Waals surface area contributed by atoms with Crippen molar-refractivity contribution in [2.75, 3.05) is 6.61 Å². The van der Waals surface area contributed by atoms with Crippen LogP contribution in [0.25, 0.3) is 6.08 Å². The van der Waals surface area contributed by atoms with Gasteiger partial charge in [0.2, 0.25) is 11.8 Å². The molecule has 3 aromatic rings. The zero-order chi connectivity index (χ0) is 31.5. The summed E-state index contributed by atoms with van der Waals surface area (Å²) in [6.45, 7) is 2.59. The first-order valence-electron chi connectivity index (χ1n) is 15.6. The van der Waals surface area contributed by atoms with E-state index in [-0.39, 0.29) is 43.0 Å². The van der Waals surface area contributed by atoms with Crippen LogP contribution in [0.4, 0.5) is 4.39 Å². The summed E-state index contributed by atoms with van der Waals surface area (Å²) >= 11 is 1.52. The molecule has 45 heavy (non-hydrogen) atoms. The molecule has 0 radical (unpaired) electrons. The number of carbonyl (C=O) groups is 2. The number of rotatable bonds is 11. The highest BCUT2D eigenvalue weighted by molar-refractivity contribution is 7.09. The third-order valence-electron chi connectivity index (χ3n) is 9.09. The fourth-order valence-corrected chi connectivity index (χ4v) is 7.81. The molecule has 2 fully saturated rings. The van der Waals surface area contributed by atoms with Crippen LogP contribution < -0.4 is 4.74 Å². The molecule has 2 saturated heterocycles. The molecule has 3 aliphatic rings. The lowest BCUT2D eigenvalue weighted by atomic mass is 9.58. The number of imide groups is 1. The van der Waals surface area contributed by atoms with Crippen LogP contribution in [0.2, 0.25) is 6.32 Å². The number of phenols is 1. The number of para-hydroxylation sites is 1. The first kappa shape index (κ1) is 31.3. The number of nitrogens with zero attached hydrogens (tertiary/aromatic N) is 1. The maximum absolute atomic E-state index is 14.1. The highest BCUT2D eigenvalue weighted by Crippen LogP contribution is 2.51. The van der Waals surface area contributed by atoms with Gasteiger partial charge in [0.1, 0.15) is 12.4 Å². The number of allylic oxidation sites excluding steroid dienone is 1. The lowest BCUT2D eigenvalue weighted by Crippen LogP contribution is -2.46. The van der Waals surface area contributed by atoms with Crippen LogP contribution in [0.3, 0.4) is 0 Å². The van der Waals surface area contributed by atoms with Gasteiger partial charge in [-0.25, -0.2) is 4.39 Å². The minimum Gasteiger partial charge on any atom is -0.505 e. The van der Waals surface area contributed by atoms with Crippen molar-refractivity contribution in [3.05, 3.63) is 99.0 Å². The number of phenolic OH excluding ortho intramolecular Hbond substituents is 1. The Hall–Kier alpha value is -3.73. The monoisotopic (exact) mass is 629 g/mol. The molecule has 1 aliphatic carbocycles. The summed E-state index contributed by atoms with van der Waals surface area (Å²) in [7, 11) is -1.07. The van der Waals surface area contributed by atoms with Crippen molar-refractivity contribution >= 4 is 36.3 Å². The second-order valence-electron chi connectivity index (χ2n) is 12.1. The minimum absolute atomic E-state index is 0.165. The topological polar surface area (TPSA) is 96.3 Å². The van der Waals surface area contributed by atoms with E-state index in [1.807, 2.05) is 53.9 Å². The van der Waals surface area contributed by atoms with Crippen LogP contribution in [-0.4, -0.2) is 46.7 Å². The van der Waals surface area contributed by atoms with Crippen LogP contribution in [0.1, 0.15) is 49.5 Å². The standard InChI is InChI=1S/C35H37BFNO6S/c1-2-7-22(16-23-11-13-30(39)29(37)17-23)12-14-31-32-24(21-43-25-8-4-3-5-9-25)18-27-33(28(32)19-36(42)44-31)35(41)38(34(27)40)20-26-10-6-15-45-26/h3-6,8-11,13,15-17,27-28,31,33,39,42H,2,7,12,14,18-21H2,1H3/b22-16+/t27-,28+,31-,33-/m1/s1. The third kappa shape index (κ3) is 6.78. The second-order valence-corrected chi connectivity index (χ2v) is 13.1. The fourth-order valence-electron chi connectivity index (χ4n) is 7.12. The number of hydrogen-bond donors (Lipinski definition) is 2. The summed E-state index contributed by atoms with van der Waals surface area (Å²) in [4.78, 5) is 30.0. The average molecular weight is 630 g/mol. The van der Waals surface area contributed by atoms with E-state index < -0.39 is 30.9 Å². The van der Waals surface area contributed by atoms with Crippen LogP contribution >= 0.6 is 11.3 Å². The maximum atomic E-state index is 14.1. The Morgan fingerprint density at radius 2 is 1.93 bits per heavy atom. The molecule has 2 amide bonds. The average Bonchev–Trinajstić information content (AvgIpc) is 3.63. The van der Waals surface area contributed by atoms with E-state index in [4.69, 9.17) is 9.39 Å². The van der Waals surface area contributed by atoms with E-state index in [1.165, 1.54) is 28.4 Å². The molecule has 4 atom stereocenters. The molecule has 234 valence electrons. The Morgan fingerprint density at radius 1 is 1.11 bits per heavy atom. The minimum atomic E-state index is -1.07. The van der Waals surface area contributed by atoms with Gasteiger partial charge in [-0.3, -0.25) is 14.5 Å². The largest absolute Gasteiger partial charge is 0.505 e. The Balaban J connectivity index is 1.30. The number of hydrogen-bond acceptors (Lipinski definition) is 7. The molecule has 7 nitrogen and oxygen atoms in total. The van der Waals surface area contributed by atoms with Gasteiger partial charge in [-0.2, -0.15) is 0 Å². The lowest BCUT2D eigenvalue weighted by Gasteiger charge is -2.43. The number of halogens is 1. The van der Waals surface area contributed by atoms with Gasteiger partial charge in [0, 0.05) is 4.88 Å². The fraction of sp³-hybridized carbons (Fsp3) is 0.371. The van der Waals surface area contributed by atoms with Gasteiger partial charge < -0.3 is 19.5 Å². The smallest absolute Gasteiger partial charge is 0.455 e. The Kier molecular flexibility index (Phi) is 9.54. The van der Waals surface area contributed by atoms with E-state index in [2.05, 4.69) is 6.92 Å². The van der Waals surface area contributed by atoms with Crippen molar-refractivity contribution in [1.82, 2.24) is 4.90 Å². The quantitative estimate of drug-likeness (QED) is 0.140. The van der Waals surface area contributed by atoms with E-state index in [1.54, 1.807) is 6.07 Å². The molecular formula is C35H37BFNO6S. The molecule has 3 heterocycles. The Labute approximate surface area is 267 Å². The summed E-state index contributed by atoms with van der Waals surface area (Å²) in [6.07, 6.45) is 4.95. The number of carbonyl (C=O) groups excluding carboxylic acids is 2. The van der Waals surface area contributed by atoms with Crippen molar-refractivity contribution < 1.29 is 33.5 Å². The molecule has 0 saturated carbocycles.